The van der Waals surface area contributed by atoms with Crippen LogP contribution in [0.15, 0.2) is 42.7 Å². The van der Waals surface area contributed by atoms with Crippen molar-refractivity contribution >= 4 is 11.6 Å². The topological polar surface area (TPSA) is 63.2 Å². The molecule has 1 heterocycles. The van der Waals surface area contributed by atoms with Crippen molar-refractivity contribution in [1.82, 2.24) is 10.3 Å². The summed E-state index contributed by atoms with van der Waals surface area (Å²) in [6.07, 6.45) is 7.56. The standard InChI is InChI=1S/C20H27N3O2/c1-3-4-7-11-22-18-13-17(14-21-15-18)20(24)23-12-10-16-8-5-6-9-19(16)25-2/h5-6,8-9,13-15,22H,3-4,7,10-12H2,1-2H3,(H,23,24). The molecule has 25 heavy (non-hydrogen) atoms. The van der Waals surface area contributed by atoms with Crippen molar-refractivity contribution in [2.24, 2.45) is 0 Å². The summed E-state index contributed by atoms with van der Waals surface area (Å²) < 4.78 is 5.33. The molecule has 0 aliphatic rings. The summed E-state index contributed by atoms with van der Waals surface area (Å²) in [5.41, 5.74) is 2.53. The summed E-state index contributed by atoms with van der Waals surface area (Å²) in [6.45, 7) is 3.62. The van der Waals surface area contributed by atoms with E-state index in [1.165, 1.54) is 12.8 Å². The highest BCUT2D eigenvalue weighted by atomic mass is 16.5. The highest BCUT2D eigenvalue weighted by Crippen LogP contribution is 2.17. The molecule has 134 valence electrons. The molecule has 2 aromatic rings. The molecule has 0 aliphatic carbocycles. The van der Waals surface area contributed by atoms with Crippen molar-refractivity contribution in [3.63, 3.8) is 0 Å². The molecule has 0 saturated carbocycles. The first kappa shape index (κ1) is 18.8. The van der Waals surface area contributed by atoms with Gasteiger partial charge in [0.25, 0.3) is 5.91 Å². The lowest BCUT2D eigenvalue weighted by Gasteiger charge is -2.10. The van der Waals surface area contributed by atoms with E-state index in [0.717, 1.165) is 36.4 Å². The lowest BCUT2D eigenvalue weighted by molar-refractivity contribution is 0.0953. The highest BCUT2D eigenvalue weighted by Gasteiger charge is 2.08. The second-order valence-electron chi connectivity index (χ2n) is 5.91. The van der Waals surface area contributed by atoms with E-state index in [9.17, 15) is 4.79 Å². The maximum atomic E-state index is 12.3. The molecule has 1 aromatic carbocycles. The van der Waals surface area contributed by atoms with Gasteiger partial charge in [0.1, 0.15) is 5.75 Å². The van der Waals surface area contributed by atoms with Gasteiger partial charge in [0.05, 0.1) is 18.4 Å². The number of ether oxygens (including phenoxy) is 1. The van der Waals surface area contributed by atoms with E-state index in [4.69, 9.17) is 4.74 Å². The fourth-order valence-corrected chi connectivity index (χ4v) is 2.59. The van der Waals surface area contributed by atoms with Crippen LogP contribution in [0, 0.1) is 0 Å². The monoisotopic (exact) mass is 341 g/mol. The summed E-state index contributed by atoms with van der Waals surface area (Å²) in [5.74, 6) is 0.733. The molecular weight excluding hydrogens is 314 g/mol. The zero-order valence-electron chi connectivity index (χ0n) is 15.0. The van der Waals surface area contributed by atoms with E-state index >= 15 is 0 Å². The Morgan fingerprint density at radius 1 is 1.16 bits per heavy atom. The Kier molecular flexibility index (Phi) is 7.76. The van der Waals surface area contributed by atoms with Gasteiger partial charge in [-0.1, -0.05) is 38.0 Å². The number of aromatic nitrogens is 1. The van der Waals surface area contributed by atoms with E-state index in [2.05, 4.69) is 22.5 Å². The van der Waals surface area contributed by atoms with Gasteiger partial charge in [-0.05, 0) is 30.5 Å². The SMILES string of the molecule is CCCCCNc1cncc(C(=O)NCCc2ccccc2OC)c1. The third-order valence-electron chi connectivity index (χ3n) is 3.98. The van der Waals surface area contributed by atoms with E-state index < -0.39 is 0 Å². The molecule has 0 bridgehead atoms. The first-order chi connectivity index (χ1) is 12.2. The van der Waals surface area contributed by atoms with Gasteiger partial charge < -0.3 is 15.4 Å². The lowest BCUT2D eigenvalue weighted by Crippen LogP contribution is -2.26. The number of unbranched alkanes of at least 4 members (excludes halogenated alkanes) is 2. The number of methoxy groups -OCH3 is 1. The van der Waals surface area contributed by atoms with E-state index in [0.29, 0.717) is 12.1 Å². The molecule has 0 fully saturated rings. The molecule has 0 aliphatic heterocycles. The maximum absolute atomic E-state index is 12.3. The molecule has 2 N–H and O–H groups in total. The predicted molar refractivity (Wildman–Crippen MR) is 101 cm³/mol. The van der Waals surface area contributed by atoms with E-state index in [-0.39, 0.29) is 5.91 Å². The van der Waals surface area contributed by atoms with Gasteiger partial charge in [0.2, 0.25) is 0 Å². The number of para-hydroxylation sites is 1. The molecule has 1 aromatic heterocycles. The molecule has 0 spiro atoms. The third-order valence-corrected chi connectivity index (χ3v) is 3.98. The van der Waals surface area contributed by atoms with Gasteiger partial charge in [-0.15, -0.1) is 0 Å². The van der Waals surface area contributed by atoms with Gasteiger partial charge in [-0.2, -0.15) is 0 Å². The highest BCUT2D eigenvalue weighted by molar-refractivity contribution is 5.94. The van der Waals surface area contributed by atoms with Crippen LogP contribution in [0.3, 0.4) is 0 Å². The van der Waals surface area contributed by atoms with Crippen LogP contribution < -0.4 is 15.4 Å². The van der Waals surface area contributed by atoms with E-state index in [1.54, 1.807) is 19.5 Å². The molecule has 0 unspecified atom stereocenters. The smallest absolute Gasteiger partial charge is 0.252 e. The van der Waals surface area contributed by atoms with Crippen LogP contribution in [0.5, 0.6) is 5.75 Å². The van der Waals surface area contributed by atoms with Crippen LogP contribution in [-0.4, -0.2) is 31.1 Å². The summed E-state index contributed by atoms with van der Waals surface area (Å²) >= 11 is 0. The average Bonchev–Trinajstić information content (AvgIpc) is 2.66. The Labute approximate surface area is 149 Å². The van der Waals surface area contributed by atoms with Gasteiger partial charge in [0.15, 0.2) is 0 Å². The van der Waals surface area contributed by atoms with Gasteiger partial charge >= 0.3 is 0 Å². The molecule has 5 heteroatoms. The van der Waals surface area contributed by atoms with Gasteiger partial charge in [-0.3, -0.25) is 9.78 Å². The molecule has 0 atom stereocenters. The molecule has 2 rings (SSSR count). The Morgan fingerprint density at radius 3 is 2.80 bits per heavy atom. The van der Waals surface area contributed by atoms with Crippen molar-refractivity contribution in [2.45, 2.75) is 32.6 Å². The van der Waals surface area contributed by atoms with Crippen molar-refractivity contribution in [3.8, 4) is 5.75 Å². The number of nitrogens with one attached hydrogen (secondary N) is 2. The van der Waals surface area contributed by atoms with Crippen LogP contribution in [-0.2, 0) is 6.42 Å². The van der Waals surface area contributed by atoms with Crippen LogP contribution in [0.2, 0.25) is 0 Å². The van der Waals surface area contributed by atoms with Crippen molar-refractivity contribution in [2.75, 3.05) is 25.5 Å². The molecule has 1 amide bonds. The zero-order valence-corrected chi connectivity index (χ0v) is 15.0. The second-order valence-corrected chi connectivity index (χ2v) is 5.91. The summed E-state index contributed by atoms with van der Waals surface area (Å²) in [7, 11) is 1.65. The number of hydrogen-bond donors (Lipinski definition) is 2. The number of hydrogen-bond acceptors (Lipinski definition) is 4. The van der Waals surface area contributed by atoms with Crippen molar-refractivity contribution < 1.29 is 9.53 Å². The first-order valence-corrected chi connectivity index (χ1v) is 8.83. The summed E-state index contributed by atoms with van der Waals surface area (Å²) in [4.78, 5) is 16.5. The van der Waals surface area contributed by atoms with Gasteiger partial charge in [-0.25, -0.2) is 0 Å². The largest absolute Gasteiger partial charge is 0.496 e. The molecule has 0 radical (unpaired) electrons. The number of carbonyl (C=O) groups is 1. The van der Waals surface area contributed by atoms with Crippen molar-refractivity contribution in [1.29, 1.82) is 0 Å². The number of carbonyl (C=O) groups excluding carboxylic acids is 1. The van der Waals surface area contributed by atoms with Crippen LogP contribution in [0.25, 0.3) is 0 Å². The number of benzene rings is 1. The molecule has 0 saturated heterocycles. The maximum Gasteiger partial charge on any atom is 0.252 e. The van der Waals surface area contributed by atoms with Crippen LogP contribution >= 0.6 is 0 Å². The zero-order chi connectivity index (χ0) is 17.9. The minimum Gasteiger partial charge on any atom is -0.496 e. The normalized spacial score (nSPS) is 10.3. The Morgan fingerprint density at radius 2 is 2.00 bits per heavy atom. The quantitative estimate of drug-likeness (QED) is 0.647. The summed E-state index contributed by atoms with van der Waals surface area (Å²) in [5, 5.41) is 6.25. The summed E-state index contributed by atoms with van der Waals surface area (Å²) in [6, 6.07) is 9.68. The number of rotatable bonds is 10. The molecular formula is C20H27N3O2. The Bertz CT molecular complexity index is 673. The number of nitrogens with zero attached hydrogens (tertiary/aromatic N) is 1. The second kappa shape index (κ2) is 10.3. The number of amides is 1. The van der Waals surface area contributed by atoms with Crippen LogP contribution in [0.1, 0.15) is 42.1 Å². The van der Waals surface area contributed by atoms with Crippen molar-refractivity contribution in [3.05, 3.63) is 53.9 Å². The Hall–Kier alpha value is -2.56. The first-order valence-electron chi connectivity index (χ1n) is 8.83. The fraction of sp³-hybridized carbons (Fsp3) is 0.400. The fourth-order valence-electron chi connectivity index (χ4n) is 2.59. The van der Waals surface area contributed by atoms with E-state index in [1.807, 2.05) is 30.3 Å². The number of pyridine rings is 1. The number of anilines is 1. The minimum absolute atomic E-state index is 0.111. The lowest BCUT2D eigenvalue weighted by atomic mass is 10.1. The average molecular weight is 341 g/mol. The third kappa shape index (κ3) is 6.10. The minimum atomic E-state index is -0.111. The molecule has 5 nitrogen and oxygen atoms in total. The predicted octanol–water partition coefficient (Wildman–Crippen LogP) is 3.66. The Balaban J connectivity index is 1.84. The van der Waals surface area contributed by atoms with Crippen LogP contribution in [0.4, 0.5) is 5.69 Å². The van der Waals surface area contributed by atoms with Gasteiger partial charge in [0, 0.05) is 25.5 Å².